The summed E-state index contributed by atoms with van der Waals surface area (Å²) < 4.78 is 29.5. The normalized spacial score (nSPS) is 26.0. The fourth-order valence-corrected chi connectivity index (χ4v) is 12.2. The molecule has 3 aromatic carbocycles. The molecule has 4 aliphatic rings. The minimum Gasteiger partial charge on any atom is -0.494 e. The number of halogens is 1. The van der Waals surface area contributed by atoms with Gasteiger partial charge in [-0.05, 0) is 106 Å². The van der Waals surface area contributed by atoms with Gasteiger partial charge in [-0.3, -0.25) is 19.3 Å². The number of aliphatic hydroxyl groups is 2. The molecule has 3 amide bonds. The number of likely N-dealkylation sites (tertiary alicyclic amines) is 1. The van der Waals surface area contributed by atoms with Crippen molar-refractivity contribution in [3.8, 4) is 5.75 Å². The lowest BCUT2D eigenvalue weighted by atomic mass is 9.82. The largest absolute Gasteiger partial charge is 0.494 e. The Hall–Kier alpha value is -4.14. The van der Waals surface area contributed by atoms with Gasteiger partial charge in [0.15, 0.2) is 5.60 Å². The highest BCUT2D eigenvalue weighted by Crippen LogP contribution is 2.61. The van der Waals surface area contributed by atoms with Crippen LogP contribution in [-0.4, -0.2) is 92.3 Å². The van der Waals surface area contributed by atoms with E-state index in [4.69, 9.17) is 9.47 Å². The van der Waals surface area contributed by atoms with E-state index in [1.165, 1.54) is 0 Å². The fraction of sp³-hybridized carbons (Fsp3) is 0.512. The van der Waals surface area contributed by atoms with E-state index in [0.29, 0.717) is 73.8 Å². The Morgan fingerprint density at radius 1 is 1.05 bits per heavy atom. The van der Waals surface area contributed by atoms with Crippen LogP contribution in [0.15, 0.2) is 66.7 Å². The number of nitrogens with zero attached hydrogens (tertiary/aromatic N) is 3. The molecule has 2 saturated heterocycles. The molecule has 11 nitrogen and oxygen atoms in total. The molecule has 1 spiro atoms. The van der Waals surface area contributed by atoms with Crippen LogP contribution < -0.4 is 19.9 Å². The Morgan fingerprint density at radius 3 is 2.54 bits per heavy atom. The molecule has 4 aliphatic heterocycles. The third-order valence-corrected chi connectivity index (χ3v) is 14.6. The van der Waals surface area contributed by atoms with Crippen LogP contribution in [0.2, 0.25) is 18.6 Å². The number of benzene rings is 3. The average molecular weight is 787 g/mol. The minimum absolute atomic E-state index is 0.0731. The lowest BCUT2D eigenvalue weighted by Crippen LogP contribution is -2.49. The van der Waals surface area contributed by atoms with E-state index in [9.17, 15) is 19.8 Å². The lowest BCUT2D eigenvalue weighted by molar-refractivity contribution is -0.150. The summed E-state index contributed by atoms with van der Waals surface area (Å²) in [4.78, 5) is 48.6. The average Bonchev–Trinajstić information content (AvgIpc) is 3.84. The van der Waals surface area contributed by atoms with E-state index in [0.717, 1.165) is 17.5 Å². The van der Waals surface area contributed by atoms with Crippen molar-refractivity contribution >= 4 is 43.2 Å². The lowest BCUT2D eigenvalue weighted by Gasteiger charge is -2.36. The van der Waals surface area contributed by atoms with E-state index in [-0.39, 0.29) is 49.9 Å². The molecule has 7 rings (SSSR count). The predicted molar refractivity (Wildman–Crippen MR) is 215 cm³/mol. The summed E-state index contributed by atoms with van der Waals surface area (Å²) in [7, 11) is -3.58. The van der Waals surface area contributed by atoms with Crippen molar-refractivity contribution in [3.05, 3.63) is 83.4 Å². The Morgan fingerprint density at radius 2 is 1.82 bits per heavy atom. The van der Waals surface area contributed by atoms with Gasteiger partial charge in [-0.1, -0.05) is 37.3 Å². The molecule has 0 aliphatic carbocycles. The first-order valence-electron chi connectivity index (χ1n) is 20.1. The van der Waals surface area contributed by atoms with Gasteiger partial charge < -0.3 is 38.9 Å². The smallest absolute Gasteiger partial charge is 0.264 e. The second-order valence-corrected chi connectivity index (χ2v) is 20.0. The van der Waals surface area contributed by atoms with Gasteiger partial charge in [-0.2, -0.15) is 0 Å². The number of carbonyl (C=O) groups excluding carboxylic acids is 3. The van der Waals surface area contributed by atoms with Gasteiger partial charge in [0.25, 0.3) is 5.91 Å². The number of rotatable bonds is 14. The predicted octanol–water partition coefficient (Wildman–Crippen LogP) is 5.73. The number of unbranched alkanes of at least 4 members (excludes halogenated alkanes) is 1. The first-order chi connectivity index (χ1) is 26.9. The molecule has 3 aromatic rings. The molecule has 56 heavy (non-hydrogen) atoms. The molecule has 0 radical (unpaired) electrons. The van der Waals surface area contributed by atoms with Crippen molar-refractivity contribution in [2.45, 2.75) is 101 Å². The van der Waals surface area contributed by atoms with Gasteiger partial charge in [0.1, 0.15) is 5.75 Å². The van der Waals surface area contributed by atoms with Crippen LogP contribution in [-0.2, 0) is 37.7 Å². The number of amides is 3. The molecule has 0 bridgehead atoms. The maximum absolute atomic E-state index is 16.7. The Bertz CT molecular complexity index is 1930. The first kappa shape index (κ1) is 40.1. The number of anilines is 3. The van der Waals surface area contributed by atoms with Crippen LogP contribution >= 0.6 is 0 Å². The molecule has 0 aromatic heterocycles. The molecular weight excluding hydrogens is 732 g/mol. The van der Waals surface area contributed by atoms with Crippen molar-refractivity contribution in [2.75, 3.05) is 42.7 Å². The topological polar surface area (TPSA) is 132 Å². The van der Waals surface area contributed by atoms with Gasteiger partial charge in [0.05, 0.1) is 55.7 Å². The summed E-state index contributed by atoms with van der Waals surface area (Å²) in [6.07, 6.45) is 2.29. The van der Waals surface area contributed by atoms with Crippen LogP contribution in [0.25, 0.3) is 0 Å². The summed E-state index contributed by atoms with van der Waals surface area (Å²) in [5, 5.41) is 22.7. The Balaban J connectivity index is 1.33. The van der Waals surface area contributed by atoms with Gasteiger partial charge in [0.2, 0.25) is 20.2 Å². The van der Waals surface area contributed by atoms with E-state index >= 15 is 8.90 Å². The minimum atomic E-state index is -3.58. The molecule has 2 fully saturated rings. The van der Waals surface area contributed by atoms with Crippen molar-refractivity contribution in [1.29, 1.82) is 0 Å². The summed E-state index contributed by atoms with van der Waals surface area (Å²) >= 11 is 0. The molecule has 3 N–H and O–H groups in total. The van der Waals surface area contributed by atoms with Crippen LogP contribution in [0.5, 0.6) is 5.75 Å². The molecule has 13 heteroatoms. The Kier molecular flexibility index (Phi) is 11.7. The number of hydrogen-bond acceptors (Lipinski definition) is 8. The summed E-state index contributed by atoms with van der Waals surface area (Å²) in [5.74, 6) is -0.622. The number of aliphatic hydroxyl groups excluding tert-OH is 2. The van der Waals surface area contributed by atoms with Crippen LogP contribution in [0.3, 0.4) is 0 Å². The standard InChI is InChI=1S/C43H55FN4O7Si/c1-5-54-33-16-18-36-30(22-33)23-35(45-19-9-10-21-49)41(52)48(36)31-15-17-37-34(24-31)43(42(53)47(37)26-29-12-7-6-8-13-29)28(2)40(56(3,4)44)38(55-43)25-39(51)46-20-11-14-32(46)27-50/h6-8,12-13,15-18,22,24,28,32,35,38,40,45,49-50H,5,9-11,14,19-21,23,25-27H2,1-4H3/t28-,32-,35?,38+,40-,43+/m0/s1. The number of ether oxygens (including phenoxy) is 2. The number of hydrogen-bond donors (Lipinski definition) is 3. The van der Waals surface area contributed by atoms with Gasteiger partial charge in [0, 0.05) is 35.9 Å². The van der Waals surface area contributed by atoms with E-state index < -0.39 is 37.6 Å². The van der Waals surface area contributed by atoms with E-state index in [2.05, 4.69) is 5.32 Å². The fourth-order valence-electron chi connectivity index (χ4n) is 9.66. The van der Waals surface area contributed by atoms with Crippen molar-refractivity contribution in [2.24, 2.45) is 5.92 Å². The SMILES string of the molecule is CCOc1ccc2c(c1)CC(NCCCCO)C(=O)N2c1ccc2c(c1)[C@@]1(O[C@H](CC(=O)N3CCC[C@H]3CO)[C@@H]([Si](C)(C)F)[C@@H]1C)C(=O)N2Cc1ccccc1. The summed E-state index contributed by atoms with van der Waals surface area (Å²) in [6, 6.07) is 20.1. The van der Waals surface area contributed by atoms with Crippen LogP contribution in [0, 0.1) is 5.92 Å². The zero-order valence-electron chi connectivity index (χ0n) is 32.9. The zero-order chi connectivity index (χ0) is 39.8. The summed E-state index contributed by atoms with van der Waals surface area (Å²) in [5.41, 5.74) is 1.94. The molecule has 4 heterocycles. The molecule has 1 unspecified atom stereocenters. The number of fused-ring (bicyclic) bond motifs is 3. The number of carbonyl (C=O) groups is 3. The Labute approximate surface area is 329 Å². The molecule has 300 valence electrons. The van der Waals surface area contributed by atoms with Crippen LogP contribution in [0.4, 0.5) is 21.2 Å². The second kappa shape index (κ2) is 16.4. The molecular formula is C43H55FN4O7Si. The zero-order valence-corrected chi connectivity index (χ0v) is 33.9. The monoisotopic (exact) mass is 786 g/mol. The third-order valence-electron chi connectivity index (χ3n) is 12.2. The maximum Gasteiger partial charge on any atom is 0.264 e. The molecule has 0 saturated carbocycles. The molecule has 6 atom stereocenters. The van der Waals surface area contributed by atoms with Gasteiger partial charge in [-0.15, -0.1) is 0 Å². The van der Waals surface area contributed by atoms with Crippen LogP contribution in [0.1, 0.15) is 62.6 Å². The van der Waals surface area contributed by atoms with Crippen molar-refractivity contribution < 1.29 is 38.2 Å². The second-order valence-electron chi connectivity index (χ2n) is 16.2. The summed E-state index contributed by atoms with van der Waals surface area (Å²) in [6.45, 7) is 8.78. The van der Waals surface area contributed by atoms with E-state index in [1.54, 1.807) is 27.8 Å². The van der Waals surface area contributed by atoms with Gasteiger partial charge in [-0.25, -0.2) is 0 Å². The third kappa shape index (κ3) is 7.28. The van der Waals surface area contributed by atoms with Gasteiger partial charge >= 0.3 is 0 Å². The maximum atomic E-state index is 16.7. The quantitative estimate of drug-likeness (QED) is 0.107. The highest BCUT2D eigenvalue weighted by atomic mass is 28.4. The highest BCUT2D eigenvalue weighted by molar-refractivity contribution is 6.72. The van der Waals surface area contributed by atoms with E-state index in [1.807, 2.05) is 80.6 Å². The number of nitrogens with one attached hydrogen (secondary N) is 1. The highest BCUT2D eigenvalue weighted by Gasteiger charge is 2.67. The van der Waals surface area contributed by atoms with Crippen molar-refractivity contribution in [1.82, 2.24) is 10.2 Å². The van der Waals surface area contributed by atoms with Crippen molar-refractivity contribution in [3.63, 3.8) is 0 Å². The first-order valence-corrected chi connectivity index (χ1v) is 23.1.